The highest BCUT2D eigenvalue weighted by molar-refractivity contribution is 6.44. The van der Waals surface area contributed by atoms with E-state index in [1.165, 1.54) is 15.9 Å². The predicted octanol–water partition coefficient (Wildman–Crippen LogP) is 2.85. The van der Waals surface area contributed by atoms with Crippen LogP contribution in [0.3, 0.4) is 0 Å². The van der Waals surface area contributed by atoms with Crippen molar-refractivity contribution in [2.45, 2.75) is 13.0 Å². The van der Waals surface area contributed by atoms with Gasteiger partial charge >= 0.3 is 0 Å². The van der Waals surface area contributed by atoms with E-state index in [1.807, 2.05) is 49.4 Å². The maximum absolute atomic E-state index is 13.3. The highest BCUT2D eigenvalue weighted by Crippen LogP contribution is 2.24. The summed E-state index contributed by atoms with van der Waals surface area (Å²) in [5, 5.41) is 9.03. The number of piperazine rings is 1. The first kappa shape index (κ1) is 22.6. The van der Waals surface area contributed by atoms with Gasteiger partial charge in [-0.3, -0.25) is 19.4 Å². The zero-order valence-corrected chi connectivity index (χ0v) is 20.0. The fourth-order valence-electron chi connectivity index (χ4n) is 4.77. The predicted molar refractivity (Wildman–Crippen MR) is 136 cm³/mol. The lowest BCUT2D eigenvalue weighted by molar-refractivity contribution is -0.128. The molecule has 1 aliphatic rings. The molecule has 0 radical (unpaired) electrons. The standard InChI is InChI=1S/C27H23N7O3/c1-17-16-32(13-14-33(17)26(36)18-7-3-2-4-8-18)27(37)25(35)19-15-29-24-22(11-12-28-23(19)24)34-30-20-9-5-6-10-21(20)31-34/h2-12,15,17,29H,13-14,16H2,1H3/t17-/m1/s1. The first-order valence-electron chi connectivity index (χ1n) is 12.0. The SMILES string of the molecule is C[C@@H]1CN(C(=O)C(=O)c2c[nH]c3c(-n4nc5ccccc5n4)ccnc23)CCN1C(=O)c1ccccc1. The third kappa shape index (κ3) is 3.92. The molecule has 0 bridgehead atoms. The van der Waals surface area contributed by atoms with Crippen molar-refractivity contribution in [2.24, 2.45) is 0 Å². The number of nitrogens with zero attached hydrogens (tertiary/aromatic N) is 6. The summed E-state index contributed by atoms with van der Waals surface area (Å²) in [5.74, 6) is -1.35. The number of ketones is 1. The second-order valence-corrected chi connectivity index (χ2v) is 9.03. The number of hydrogen-bond donors (Lipinski definition) is 1. The molecule has 10 heteroatoms. The Morgan fingerprint density at radius 1 is 0.919 bits per heavy atom. The molecule has 2 aromatic carbocycles. The van der Waals surface area contributed by atoms with E-state index in [9.17, 15) is 14.4 Å². The fourth-order valence-corrected chi connectivity index (χ4v) is 4.77. The van der Waals surface area contributed by atoms with Gasteiger partial charge in [-0.25, -0.2) is 0 Å². The number of pyridine rings is 1. The van der Waals surface area contributed by atoms with Crippen LogP contribution in [0.15, 0.2) is 73.1 Å². The molecule has 1 aliphatic heterocycles. The van der Waals surface area contributed by atoms with Crippen LogP contribution < -0.4 is 0 Å². The van der Waals surface area contributed by atoms with Crippen molar-refractivity contribution in [3.8, 4) is 5.69 Å². The molecule has 4 heterocycles. The summed E-state index contributed by atoms with van der Waals surface area (Å²) in [6.45, 7) is 2.78. The lowest BCUT2D eigenvalue weighted by atomic mass is 10.1. The highest BCUT2D eigenvalue weighted by Gasteiger charge is 2.34. The molecule has 1 N–H and O–H groups in total. The molecule has 5 aromatic rings. The minimum Gasteiger partial charge on any atom is -0.357 e. The number of carbonyl (C=O) groups is 3. The maximum atomic E-state index is 13.3. The molecular formula is C27H23N7O3. The molecule has 1 saturated heterocycles. The molecule has 0 unspecified atom stereocenters. The van der Waals surface area contributed by atoms with Gasteiger partial charge in [-0.05, 0) is 37.3 Å². The average Bonchev–Trinajstić information content (AvgIpc) is 3.57. The van der Waals surface area contributed by atoms with E-state index in [1.54, 1.807) is 29.3 Å². The van der Waals surface area contributed by atoms with Crippen molar-refractivity contribution in [3.05, 3.63) is 84.2 Å². The first-order valence-corrected chi connectivity index (χ1v) is 12.0. The van der Waals surface area contributed by atoms with Crippen LogP contribution in [-0.2, 0) is 4.79 Å². The molecule has 37 heavy (non-hydrogen) atoms. The van der Waals surface area contributed by atoms with Gasteiger partial charge in [0, 0.05) is 43.6 Å². The molecule has 1 atom stereocenters. The number of H-pyrrole nitrogens is 1. The zero-order chi connectivity index (χ0) is 25.5. The summed E-state index contributed by atoms with van der Waals surface area (Å²) in [6, 6.07) is 18.1. The average molecular weight is 494 g/mol. The van der Waals surface area contributed by atoms with Gasteiger partial charge in [-0.2, -0.15) is 0 Å². The number of fused-ring (bicyclic) bond motifs is 2. The largest absolute Gasteiger partial charge is 0.357 e. The maximum Gasteiger partial charge on any atom is 0.295 e. The summed E-state index contributed by atoms with van der Waals surface area (Å²) < 4.78 is 0. The number of amides is 2. The molecule has 0 aliphatic carbocycles. The monoisotopic (exact) mass is 493 g/mol. The fraction of sp³-hybridized carbons (Fsp3) is 0.185. The lowest BCUT2D eigenvalue weighted by Gasteiger charge is -2.39. The Balaban J connectivity index is 1.23. The molecule has 184 valence electrons. The number of nitrogens with one attached hydrogen (secondary N) is 1. The number of hydrogen-bond acceptors (Lipinski definition) is 6. The molecule has 1 fully saturated rings. The second-order valence-electron chi connectivity index (χ2n) is 9.03. The minimum absolute atomic E-state index is 0.0835. The third-order valence-electron chi connectivity index (χ3n) is 6.68. The van der Waals surface area contributed by atoms with Gasteiger partial charge in [0.2, 0.25) is 0 Å². The summed E-state index contributed by atoms with van der Waals surface area (Å²) in [7, 11) is 0. The molecule has 0 saturated carbocycles. The van der Waals surface area contributed by atoms with Gasteiger partial charge < -0.3 is 14.8 Å². The highest BCUT2D eigenvalue weighted by atomic mass is 16.2. The number of benzene rings is 2. The van der Waals surface area contributed by atoms with Crippen LogP contribution in [-0.4, -0.2) is 78.0 Å². The molecule has 6 rings (SSSR count). The van der Waals surface area contributed by atoms with E-state index in [4.69, 9.17) is 0 Å². The Morgan fingerprint density at radius 2 is 1.62 bits per heavy atom. The Hall–Kier alpha value is -4.86. The van der Waals surface area contributed by atoms with Crippen molar-refractivity contribution >= 4 is 39.7 Å². The summed E-state index contributed by atoms with van der Waals surface area (Å²) in [4.78, 5) is 51.6. The molecule has 0 spiro atoms. The van der Waals surface area contributed by atoms with E-state index in [-0.39, 0.29) is 30.6 Å². The number of aromatic amines is 1. The van der Waals surface area contributed by atoms with Crippen LogP contribution in [0.25, 0.3) is 27.8 Å². The van der Waals surface area contributed by atoms with Gasteiger partial charge in [-0.15, -0.1) is 15.0 Å². The molecule has 2 amide bonds. The Bertz CT molecular complexity index is 1620. The lowest BCUT2D eigenvalue weighted by Crippen LogP contribution is -2.56. The Labute approximate surface area is 211 Å². The van der Waals surface area contributed by atoms with E-state index in [2.05, 4.69) is 20.2 Å². The Kier molecular flexibility index (Phi) is 5.48. The topological polar surface area (TPSA) is 117 Å². The number of rotatable bonds is 4. The van der Waals surface area contributed by atoms with Crippen LogP contribution >= 0.6 is 0 Å². The Morgan fingerprint density at radius 3 is 2.32 bits per heavy atom. The van der Waals surface area contributed by atoms with E-state index < -0.39 is 11.7 Å². The zero-order valence-electron chi connectivity index (χ0n) is 20.0. The first-order chi connectivity index (χ1) is 18.0. The van der Waals surface area contributed by atoms with Gasteiger partial charge in [0.25, 0.3) is 17.6 Å². The van der Waals surface area contributed by atoms with Crippen LogP contribution in [0.4, 0.5) is 0 Å². The molecule has 3 aromatic heterocycles. The van der Waals surface area contributed by atoms with Crippen molar-refractivity contribution < 1.29 is 14.4 Å². The second kappa shape index (κ2) is 8.98. The van der Waals surface area contributed by atoms with Gasteiger partial charge in [0.1, 0.15) is 22.2 Å². The van der Waals surface area contributed by atoms with E-state index in [0.717, 1.165) is 11.0 Å². The summed E-state index contributed by atoms with van der Waals surface area (Å²) >= 11 is 0. The van der Waals surface area contributed by atoms with Crippen molar-refractivity contribution in [3.63, 3.8) is 0 Å². The van der Waals surface area contributed by atoms with Crippen LogP contribution in [0, 0.1) is 0 Å². The third-order valence-corrected chi connectivity index (χ3v) is 6.68. The van der Waals surface area contributed by atoms with Gasteiger partial charge in [-0.1, -0.05) is 30.3 Å². The smallest absolute Gasteiger partial charge is 0.295 e. The molecule has 10 nitrogen and oxygen atoms in total. The van der Waals surface area contributed by atoms with Crippen molar-refractivity contribution in [1.82, 2.24) is 34.8 Å². The van der Waals surface area contributed by atoms with E-state index in [0.29, 0.717) is 28.8 Å². The number of aromatic nitrogens is 5. The summed E-state index contributed by atoms with van der Waals surface area (Å²) in [6.07, 6.45) is 3.07. The quantitative estimate of drug-likeness (QED) is 0.304. The molecular weight excluding hydrogens is 470 g/mol. The van der Waals surface area contributed by atoms with Gasteiger partial charge in [0.05, 0.1) is 11.1 Å². The minimum atomic E-state index is -0.649. The van der Waals surface area contributed by atoms with E-state index >= 15 is 0 Å². The van der Waals surface area contributed by atoms with Crippen LogP contribution in [0.1, 0.15) is 27.6 Å². The normalized spacial score (nSPS) is 15.9. The van der Waals surface area contributed by atoms with Crippen LogP contribution in [0.5, 0.6) is 0 Å². The van der Waals surface area contributed by atoms with Crippen molar-refractivity contribution in [2.75, 3.05) is 19.6 Å². The van der Waals surface area contributed by atoms with Crippen LogP contribution in [0.2, 0.25) is 0 Å². The van der Waals surface area contributed by atoms with Crippen molar-refractivity contribution in [1.29, 1.82) is 0 Å². The number of carbonyl (C=O) groups excluding carboxylic acids is 3. The number of Topliss-reactive ketones (excluding diaryl/α,β-unsaturated/α-hetero) is 1. The summed E-state index contributed by atoms with van der Waals surface area (Å²) in [5.41, 5.74) is 3.83. The van der Waals surface area contributed by atoms with Gasteiger partial charge in [0.15, 0.2) is 0 Å².